The summed E-state index contributed by atoms with van der Waals surface area (Å²) in [4.78, 5) is 4.91. The van der Waals surface area contributed by atoms with Crippen molar-refractivity contribution in [2.45, 2.75) is 57.3 Å². The van der Waals surface area contributed by atoms with E-state index in [-0.39, 0.29) is 10.8 Å². The van der Waals surface area contributed by atoms with Crippen LogP contribution in [0.2, 0.25) is 0 Å². The molecule has 1 N–H and O–H groups in total. The number of phenolic OH excluding ortho intramolecular Hbond substituents is 1. The van der Waals surface area contributed by atoms with Crippen LogP contribution in [0.4, 0.5) is 5.69 Å². The molecule has 2 aromatic carbocycles. The number of nitrogens with zero attached hydrogens (tertiary/aromatic N) is 1. The molecule has 3 heteroatoms. The molecule has 2 nitrogen and oxygen atoms in total. The molecule has 0 atom stereocenters. The Hall–Kier alpha value is -1.87. The van der Waals surface area contributed by atoms with Gasteiger partial charge in [-0.05, 0) is 46.7 Å². The number of phenols is 1. The summed E-state index contributed by atoms with van der Waals surface area (Å²) < 4.78 is 0. The summed E-state index contributed by atoms with van der Waals surface area (Å²) in [5.41, 5.74) is 4.25. The van der Waals surface area contributed by atoms with Crippen LogP contribution >= 0.6 is 11.8 Å². The molecule has 0 radical (unpaired) electrons. The molecular weight excluding hydrogens is 350 g/mol. The van der Waals surface area contributed by atoms with Crippen molar-refractivity contribution in [2.24, 2.45) is 0 Å². The maximum absolute atomic E-state index is 10.9. The van der Waals surface area contributed by atoms with Crippen molar-refractivity contribution in [2.75, 3.05) is 18.5 Å². The Balaban J connectivity index is 2.09. The number of benzene rings is 2. The Morgan fingerprint density at radius 2 is 1.52 bits per heavy atom. The lowest BCUT2D eigenvalue weighted by atomic mass is 9.78. The van der Waals surface area contributed by atoms with Crippen molar-refractivity contribution in [1.82, 2.24) is 0 Å². The minimum Gasteiger partial charge on any atom is -0.507 e. The van der Waals surface area contributed by atoms with Gasteiger partial charge in [-0.1, -0.05) is 65.4 Å². The van der Waals surface area contributed by atoms with Crippen LogP contribution in [-0.4, -0.2) is 18.7 Å². The maximum atomic E-state index is 10.9. The summed E-state index contributed by atoms with van der Waals surface area (Å²) in [5.74, 6) is 0.441. The second kappa shape index (κ2) is 6.94. The zero-order chi connectivity index (χ0) is 20.0. The zero-order valence-corrected chi connectivity index (χ0v) is 18.4. The highest BCUT2D eigenvalue weighted by Gasteiger charge is 2.26. The van der Waals surface area contributed by atoms with Crippen molar-refractivity contribution in [3.8, 4) is 5.75 Å². The van der Waals surface area contributed by atoms with Gasteiger partial charge < -0.3 is 10.0 Å². The molecule has 27 heavy (non-hydrogen) atoms. The van der Waals surface area contributed by atoms with Gasteiger partial charge in [0.2, 0.25) is 0 Å². The number of para-hydroxylation sites is 1. The Bertz CT molecular complexity index is 849. The van der Waals surface area contributed by atoms with Gasteiger partial charge in [0.1, 0.15) is 5.75 Å². The van der Waals surface area contributed by atoms with E-state index in [0.717, 1.165) is 23.2 Å². The lowest BCUT2D eigenvalue weighted by Gasteiger charge is -2.30. The molecule has 0 spiro atoms. The summed E-state index contributed by atoms with van der Waals surface area (Å²) in [7, 11) is 2.14. The largest absolute Gasteiger partial charge is 0.507 e. The average molecular weight is 382 g/mol. The van der Waals surface area contributed by atoms with E-state index in [1.54, 1.807) is 0 Å². The minimum atomic E-state index is -0.109. The van der Waals surface area contributed by atoms with E-state index in [9.17, 15) is 5.11 Å². The molecular formula is C24H31NOS. The molecule has 0 unspecified atom stereocenters. The summed E-state index contributed by atoms with van der Waals surface area (Å²) in [6.45, 7) is 13.8. The van der Waals surface area contributed by atoms with Gasteiger partial charge in [0, 0.05) is 34.5 Å². The number of fused-ring (bicyclic) bond motifs is 1. The molecule has 0 saturated heterocycles. The fraction of sp³-hybridized carbons (Fsp3) is 0.417. The topological polar surface area (TPSA) is 23.5 Å². The number of rotatable bonds is 1. The third-order valence-corrected chi connectivity index (χ3v) is 6.06. The molecule has 0 aliphatic carbocycles. The highest BCUT2D eigenvalue weighted by Crippen LogP contribution is 2.43. The fourth-order valence-electron chi connectivity index (χ4n) is 3.50. The molecule has 3 rings (SSSR count). The van der Waals surface area contributed by atoms with Crippen LogP contribution < -0.4 is 4.90 Å². The third kappa shape index (κ3) is 4.19. The lowest BCUT2D eigenvalue weighted by molar-refractivity contribution is 0.423. The number of thioether (sulfide) groups is 1. The minimum absolute atomic E-state index is 0.109. The van der Waals surface area contributed by atoms with Crippen molar-refractivity contribution >= 4 is 23.5 Å². The molecule has 1 heterocycles. The molecule has 0 saturated carbocycles. The van der Waals surface area contributed by atoms with E-state index in [1.807, 2.05) is 11.8 Å². The van der Waals surface area contributed by atoms with Crippen molar-refractivity contribution in [3.63, 3.8) is 0 Å². The average Bonchev–Trinajstić information content (AvgIpc) is 2.54. The molecule has 0 bridgehead atoms. The highest BCUT2D eigenvalue weighted by atomic mass is 32.2. The van der Waals surface area contributed by atoms with E-state index in [0.29, 0.717) is 5.75 Å². The lowest BCUT2D eigenvalue weighted by Crippen LogP contribution is -2.23. The zero-order valence-electron chi connectivity index (χ0n) is 17.6. The van der Waals surface area contributed by atoms with Crippen LogP contribution in [0.1, 0.15) is 58.2 Å². The Labute approximate surface area is 168 Å². The first-order chi connectivity index (χ1) is 12.5. The number of anilines is 1. The Morgan fingerprint density at radius 1 is 0.963 bits per heavy atom. The number of likely N-dealkylation sites (N-methyl/N-ethyl adjacent to an activating group) is 1. The number of hydrogen-bond acceptors (Lipinski definition) is 3. The Morgan fingerprint density at radius 3 is 2.07 bits per heavy atom. The van der Waals surface area contributed by atoms with E-state index in [4.69, 9.17) is 0 Å². The Kier molecular flexibility index (Phi) is 5.11. The normalized spacial score (nSPS) is 16.6. The van der Waals surface area contributed by atoms with Gasteiger partial charge in [-0.2, -0.15) is 0 Å². The number of aromatic hydroxyl groups is 1. The van der Waals surface area contributed by atoms with Gasteiger partial charge in [0.15, 0.2) is 0 Å². The quantitative estimate of drug-likeness (QED) is 0.604. The molecule has 1 aliphatic heterocycles. The van der Waals surface area contributed by atoms with Crippen LogP contribution in [-0.2, 0) is 10.8 Å². The standard InChI is InChI=1S/C24H31NOS/c1-23(2,3)18-13-16(14-19(22(18)26)24(4,5)6)12-17-15-25(7)20-10-8-9-11-21(20)27-17/h8-14,26H,15H2,1-7H3/b17-12+. The van der Waals surface area contributed by atoms with Crippen LogP contribution in [0.25, 0.3) is 6.08 Å². The monoisotopic (exact) mass is 381 g/mol. The predicted octanol–water partition coefficient (Wildman–Crippen LogP) is 6.57. The van der Waals surface area contributed by atoms with E-state index < -0.39 is 0 Å². The van der Waals surface area contributed by atoms with Crippen molar-refractivity contribution < 1.29 is 5.11 Å². The van der Waals surface area contributed by atoms with Gasteiger partial charge in [-0.15, -0.1) is 0 Å². The first-order valence-electron chi connectivity index (χ1n) is 9.53. The molecule has 144 valence electrons. The molecule has 0 fully saturated rings. The van der Waals surface area contributed by atoms with Gasteiger partial charge in [0.25, 0.3) is 0 Å². The van der Waals surface area contributed by atoms with E-state index >= 15 is 0 Å². The molecule has 0 amide bonds. The second-order valence-electron chi connectivity index (χ2n) is 9.50. The molecule has 0 aromatic heterocycles. The first kappa shape index (κ1) is 19.9. The number of hydrogen-bond donors (Lipinski definition) is 1. The van der Waals surface area contributed by atoms with Crippen LogP contribution in [0.5, 0.6) is 5.75 Å². The molecule has 1 aliphatic rings. The van der Waals surface area contributed by atoms with Gasteiger partial charge in [0.05, 0.1) is 5.69 Å². The van der Waals surface area contributed by atoms with Gasteiger partial charge in [-0.25, -0.2) is 0 Å². The summed E-state index contributed by atoms with van der Waals surface area (Å²) in [6, 6.07) is 12.8. The second-order valence-corrected chi connectivity index (χ2v) is 10.7. The first-order valence-corrected chi connectivity index (χ1v) is 10.3. The van der Waals surface area contributed by atoms with Crippen molar-refractivity contribution in [3.05, 3.63) is 58.0 Å². The van der Waals surface area contributed by atoms with Crippen LogP contribution in [0.15, 0.2) is 46.2 Å². The fourth-order valence-corrected chi connectivity index (χ4v) is 4.71. The van der Waals surface area contributed by atoms with Gasteiger partial charge >= 0.3 is 0 Å². The maximum Gasteiger partial charge on any atom is 0.123 e. The summed E-state index contributed by atoms with van der Waals surface area (Å²) in [6.07, 6.45) is 2.28. The van der Waals surface area contributed by atoms with Gasteiger partial charge in [-0.3, -0.25) is 0 Å². The molecule has 2 aromatic rings. The van der Waals surface area contributed by atoms with Crippen LogP contribution in [0, 0.1) is 0 Å². The van der Waals surface area contributed by atoms with Crippen molar-refractivity contribution in [1.29, 1.82) is 0 Å². The van der Waals surface area contributed by atoms with E-state index in [1.165, 1.54) is 15.5 Å². The predicted molar refractivity (Wildman–Crippen MR) is 119 cm³/mol. The smallest absolute Gasteiger partial charge is 0.123 e. The van der Waals surface area contributed by atoms with E-state index in [2.05, 4.69) is 96.0 Å². The highest BCUT2D eigenvalue weighted by molar-refractivity contribution is 8.03. The van der Waals surface area contributed by atoms with Crippen LogP contribution in [0.3, 0.4) is 0 Å². The summed E-state index contributed by atoms with van der Waals surface area (Å²) >= 11 is 1.84. The third-order valence-electron chi connectivity index (χ3n) is 4.99. The summed E-state index contributed by atoms with van der Waals surface area (Å²) in [5, 5.41) is 10.9. The SMILES string of the molecule is CN1C/C(=C\c2cc(C(C)(C)C)c(O)c(C(C)(C)C)c2)Sc2ccccc21.